The van der Waals surface area contributed by atoms with E-state index in [-0.39, 0.29) is 6.04 Å². The highest BCUT2D eigenvalue weighted by molar-refractivity contribution is 5.79. The van der Waals surface area contributed by atoms with Crippen LogP contribution in [0.3, 0.4) is 0 Å². The van der Waals surface area contributed by atoms with Crippen LogP contribution in [0.25, 0.3) is 10.9 Å². The van der Waals surface area contributed by atoms with Crippen LogP contribution in [0.5, 0.6) is 0 Å². The van der Waals surface area contributed by atoms with Crippen molar-refractivity contribution < 1.29 is 9.90 Å². The Balaban J connectivity index is 2.44. The Bertz CT molecular complexity index is 518. The van der Waals surface area contributed by atoms with Gasteiger partial charge in [-0.3, -0.25) is 9.48 Å². The minimum absolute atomic E-state index is 0.155. The highest BCUT2D eigenvalue weighted by Gasteiger charge is 2.22. The first-order valence-corrected chi connectivity index (χ1v) is 5.26. The van der Waals surface area contributed by atoms with Crippen LogP contribution in [-0.4, -0.2) is 20.9 Å². The molecule has 0 aliphatic rings. The normalized spacial score (nSPS) is 14.9. The zero-order chi connectivity index (χ0) is 11.7. The molecule has 0 aliphatic carbocycles. The number of aromatic nitrogens is 2. The van der Waals surface area contributed by atoms with Gasteiger partial charge in [-0.05, 0) is 19.9 Å². The fourth-order valence-electron chi connectivity index (χ4n) is 1.73. The summed E-state index contributed by atoms with van der Waals surface area (Å²) >= 11 is 0. The number of nitrogens with zero attached hydrogens (tertiary/aromatic N) is 2. The number of hydrogen-bond acceptors (Lipinski definition) is 2. The molecule has 4 heteroatoms. The van der Waals surface area contributed by atoms with E-state index in [1.807, 2.05) is 31.2 Å². The molecule has 0 radical (unpaired) electrons. The number of fused-ring (bicyclic) bond motifs is 1. The Morgan fingerprint density at radius 1 is 1.38 bits per heavy atom. The first-order valence-electron chi connectivity index (χ1n) is 5.26. The van der Waals surface area contributed by atoms with Crippen LogP contribution >= 0.6 is 0 Å². The van der Waals surface area contributed by atoms with Crippen molar-refractivity contribution in [2.75, 3.05) is 0 Å². The van der Waals surface area contributed by atoms with E-state index in [1.54, 1.807) is 17.8 Å². The third-order valence-corrected chi connectivity index (χ3v) is 3.00. The molecule has 0 spiro atoms. The fraction of sp³-hybridized carbons (Fsp3) is 0.333. The predicted molar refractivity (Wildman–Crippen MR) is 61.2 cm³/mol. The van der Waals surface area contributed by atoms with Crippen molar-refractivity contribution in [1.29, 1.82) is 0 Å². The number of carboxylic acid groups (broad SMARTS) is 1. The Kier molecular flexibility index (Phi) is 2.64. The van der Waals surface area contributed by atoms with E-state index < -0.39 is 11.9 Å². The van der Waals surface area contributed by atoms with Gasteiger partial charge in [0.2, 0.25) is 0 Å². The van der Waals surface area contributed by atoms with Gasteiger partial charge in [0.05, 0.1) is 23.7 Å². The number of rotatable bonds is 3. The largest absolute Gasteiger partial charge is 0.481 e. The van der Waals surface area contributed by atoms with E-state index in [4.69, 9.17) is 5.11 Å². The zero-order valence-electron chi connectivity index (χ0n) is 9.29. The molecule has 1 N–H and O–H groups in total. The lowest BCUT2D eigenvalue weighted by atomic mass is 10.0. The summed E-state index contributed by atoms with van der Waals surface area (Å²) in [7, 11) is 0. The van der Waals surface area contributed by atoms with E-state index in [1.165, 1.54) is 0 Å². The molecular weight excluding hydrogens is 204 g/mol. The number of carbonyl (C=O) groups is 1. The minimum atomic E-state index is -0.799. The van der Waals surface area contributed by atoms with Crippen LogP contribution in [-0.2, 0) is 4.79 Å². The molecule has 0 saturated carbocycles. The lowest BCUT2D eigenvalue weighted by Gasteiger charge is -2.17. The van der Waals surface area contributed by atoms with Crippen LogP contribution in [0.4, 0.5) is 0 Å². The van der Waals surface area contributed by atoms with Crippen molar-refractivity contribution in [2.45, 2.75) is 19.9 Å². The van der Waals surface area contributed by atoms with Gasteiger partial charge in [-0.15, -0.1) is 0 Å². The van der Waals surface area contributed by atoms with E-state index in [0.29, 0.717) is 0 Å². The zero-order valence-corrected chi connectivity index (χ0v) is 9.29. The molecule has 2 atom stereocenters. The van der Waals surface area contributed by atoms with Gasteiger partial charge < -0.3 is 5.11 Å². The van der Waals surface area contributed by atoms with Gasteiger partial charge in [0.25, 0.3) is 0 Å². The maximum atomic E-state index is 10.9. The van der Waals surface area contributed by atoms with E-state index >= 15 is 0 Å². The molecule has 1 heterocycles. The highest BCUT2D eigenvalue weighted by atomic mass is 16.4. The summed E-state index contributed by atoms with van der Waals surface area (Å²) in [6.45, 7) is 3.57. The smallest absolute Gasteiger partial charge is 0.308 e. The number of hydrogen-bond donors (Lipinski definition) is 1. The topological polar surface area (TPSA) is 55.1 Å². The summed E-state index contributed by atoms with van der Waals surface area (Å²) in [5.74, 6) is -1.25. The minimum Gasteiger partial charge on any atom is -0.481 e. The SMILES string of the molecule is CC(C(=O)O)C(C)n1ncc2ccccc21. The molecule has 0 amide bonds. The maximum Gasteiger partial charge on any atom is 0.308 e. The Hall–Kier alpha value is -1.84. The molecule has 84 valence electrons. The van der Waals surface area contributed by atoms with Gasteiger partial charge in [-0.1, -0.05) is 18.2 Å². The predicted octanol–water partition coefficient (Wildman–Crippen LogP) is 2.32. The summed E-state index contributed by atoms with van der Waals surface area (Å²) in [6.07, 6.45) is 1.76. The highest BCUT2D eigenvalue weighted by Crippen LogP contribution is 2.22. The number of carboxylic acids is 1. The molecular formula is C12H14N2O2. The monoisotopic (exact) mass is 218 g/mol. The Morgan fingerprint density at radius 2 is 2.06 bits per heavy atom. The average molecular weight is 218 g/mol. The van der Waals surface area contributed by atoms with Crippen LogP contribution in [0.15, 0.2) is 30.5 Å². The van der Waals surface area contributed by atoms with Gasteiger partial charge >= 0.3 is 5.97 Å². The fourth-order valence-corrected chi connectivity index (χ4v) is 1.73. The molecule has 16 heavy (non-hydrogen) atoms. The van der Waals surface area contributed by atoms with Crippen molar-refractivity contribution in [2.24, 2.45) is 5.92 Å². The Labute approximate surface area is 93.5 Å². The molecule has 0 aliphatic heterocycles. The first kappa shape index (κ1) is 10.7. The summed E-state index contributed by atoms with van der Waals surface area (Å²) in [6, 6.07) is 7.64. The van der Waals surface area contributed by atoms with Crippen molar-refractivity contribution in [1.82, 2.24) is 9.78 Å². The second kappa shape index (κ2) is 3.96. The van der Waals surface area contributed by atoms with Gasteiger partial charge in [0.1, 0.15) is 0 Å². The number of aliphatic carboxylic acids is 1. The second-order valence-corrected chi connectivity index (χ2v) is 4.02. The molecule has 0 bridgehead atoms. The van der Waals surface area contributed by atoms with Crippen LogP contribution in [0.2, 0.25) is 0 Å². The third-order valence-electron chi connectivity index (χ3n) is 3.00. The van der Waals surface area contributed by atoms with Crippen molar-refractivity contribution in [3.05, 3.63) is 30.5 Å². The third kappa shape index (κ3) is 1.66. The molecule has 2 aromatic rings. The van der Waals surface area contributed by atoms with E-state index in [2.05, 4.69) is 5.10 Å². The lowest BCUT2D eigenvalue weighted by Crippen LogP contribution is -2.22. The molecule has 4 nitrogen and oxygen atoms in total. The summed E-state index contributed by atoms with van der Waals surface area (Å²) in [5, 5.41) is 14.3. The van der Waals surface area contributed by atoms with Crippen LogP contribution < -0.4 is 0 Å². The number of para-hydroxylation sites is 1. The maximum absolute atomic E-state index is 10.9. The molecule has 1 aromatic carbocycles. The Morgan fingerprint density at radius 3 is 2.75 bits per heavy atom. The van der Waals surface area contributed by atoms with Crippen molar-refractivity contribution >= 4 is 16.9 Å². The van der Waals surface area contributed by atoms with Crippen LogP contribution in [0.1, 0.15) is 19.9 Å². The molecule has 2 rings (SSSR count). The van der Waals surface area contributed by atoms with Crippen molar-refractivity contribution in [3.63, 3.8) is 0 Å². The van der Waals surface area contributed by atoms with Crippen molar-refractivity contribution in [3.8, 4) is 0 Å². The van der Waals surface area contributed by atoms with Gasteiger partial charge in [0.15, 0.2) is 0 Å². The lowest BCUT2D eigenvalue weighted by molar-refractivity contribution is -0.142. The standard InChI is InChI=1S/C12H14N2O2/c1-8(12(15)16)9(2)14-11-6-4-3-5-10(11)7-13-14/h3-9H,1-2H3,(H,15,16). The number of benzene rings is 1. The molecule has 2 unspecified atom stereocenters. The second-order valence-electron chi connectivity index (χ2n) is 4.02. The summed E-state index contributed by atoms with van der Waals surface area (Å²) in [4.78, 5) is 10.9. The first-order chi connectivity index (χ1) is 7.61. The quantitative estimate of drug-likeness (QED) is 0.860. The summed E-state index contributed by atoms with van der Waals surface area (Å²) in [5.41, 5.74) is 0.975. The van der Waals surface area contributed by atoms with Gasteiger partial charge in [0, 0.05) is 5.39 Å². The van der Waals surface area contributed by atoms with Gasteiger partial charge in [-0.2, -0.15) is 5.10 Å². The van der Waals surface area contributed by atoms with Crippen LogP contribution in [0, 0.1) is 5.92 Å². The van der Waals surface area contributed by atoms with E-state index in [9.17, 15) is 4.79 Å². The molecule has 0 saturated heterocycles. The van der Waals surface area contributed by atoms with Gasteiger partial charge in [-0.25, -0.2) is 0 Å². The molecule has 1 aromatic heterocycles. The summed E-state index contributed by atoms with van der Waals surface area (Å²) < 4.78 is 1.77. The average Bonchev–Trinajstić information content (AvgIpc) is 2.70. The molecule has 0 fully saturated rings. The van der Waals surface area contributed by atoms with E-state index in [0.717, 1.165) is 10.9 Å².